The number of hydrogen-bond acceptors (Lipinski definition) is 4. The van der Waals surface area contributed by atoms with E-state index in [1.807, 2.05) is 41.3 Å². The van der Waals surface area contributed by atoms with Gasteiger partial charge in [0.05, 0.1) is 24.2 Å². The largest absolute Gasteiger partial charge is 0.378 e. The van der Waals surface area contributed by atoms with E-state index in [9.17, 15) is 4.79 Å². The fraction of sp³-hybridized carbons (Fsp3) is 0.222. The van der Waals surface area contributed by atoms with Crippen molar-refractivity contribution in [2.24, 2.45) is 0 Å². The van der Waals surface area contributed by atoms with E-state index in [1.54, 1.807) is 17.1 Å². The van der Waals surface area contributed by atoms with Crippen LogP contribution in [-0.4, -0.2) is 46.8 Å². The minimum Gasteiger partial charge on any atom is -0.378 e. The lowest BCUT2D eigenvalue weighted by atomic mass is 10.0. The number of hydrogen-bond donors (Lipinski definition) is 1. The minimum atomic E-state index is 0.0383. The van der Waals surface area contributed by atoms with Gasteiger partial charge in [-0.3, -0.25) is 14.5 Å². The molecule has 6 heteroatoms. The van der Waals surface area contributed by atoms with Gasteiger partial charge in [0.15, 0.2) is 0 Å². The monoisotopic (exact) mass is 322 g/mol. The van der Waals surface area contributed by atoms with Crippen LogP contribution in [-0.2, 0) is 4.74 Å². The molecule has 0 aliphatic carbocycles. The van der Waals surface area contributed by atoms with Crippen LogP contribution in [0.2, 0.25) is 0 Å². The van der Waals surface area contributed by atoms with Gasteiger partial charge < -0.3 is 15.5 Å². The molecular weight excluding hydrogens is 304 g/mol. The van der Waals surface area contributed by atoms with Gasteiger partial charge in [-0.1, -0.05) is 12.1 Å². The first-order valence-corrected chi connectivity index (χ1v) is 7.92. The summed E-state index contributed by atoms with van der Waals surface area (Å²) >= 11 is 0. The van der Waals surface area contributed by atoms with Crippen molar-refractivity contribution in [2.75, 3.05) is 32.1 Å². The predicted octanol–water partition coefficient (Wildman–Crippen LogP) is 1.89. The van der Waals surface area contributed by atoms with Crippen LogP contribution in [0.1, 0.15) is 10.4 Å². The molecule has 1 aliphatic rings. The molecule has 24 heavy (non-hydrogen) atoms. The highest BCUT2D eigenvalue weighted by Gasteiger charge is 2.18. The summed E-state index contributed by atoms with van der Waals surface area (Å²) in [6.07, 6.45) is 3.58. The number of morpholine rings is 1. The first kappa shape index (κ1) is 14.7. The number of carbonyl (C=O) groups excluding carboxylic acids is 1. The lowest BCUT2D eigenvalue weighted by Gasteiger charge is -2.27. The molecule has 0 saturated carbocycles. The number of benzene rings is 1. The van der Waals surface area contributed by atoms with Gasteiger partial charge in [0.1, 0.15) is 0 Å². The summed E-state index contributed by atoms with van der Waals surface area (Å²) in [6.45, 7) is 2.47. The van der Waals surface area contributed by atoms with E-state index in [4.69, 9.17) is 10.6 Å². The van der Waals surface area contributed by atoms with Gasteiger partial charge in [0.25, 0.3) is 5.91 Å². The quantitative estimate of drug-likeness (QED) is 0.731. The molecule has 1 aliphatic heterocycles. The van der Waals surface area contributed by atoms with Gasteiger partial charge in [-0.05, 0) is 29.8 Å². The second-order valence-corrected chi connectivity index (χ2v) is 5.84. The summed E-state index contributed by atoms with van der Waals surface area (Å²) < 4.78 is 6.86. The summed E-state index contributed by atoms with van der Waals surface area (Å²) in [5.74, 6) is 5.94. The van der Waals surface area contributed by atoms with Gasteiger partial charge in [-0.25, -0.2) is 0 Å². The minimum absolute atomic E-state index is 0.0383. The molecule has 0 unspecified atom stereocenters. The molecule has 0 spiro atoms. The third-order valence-corrected chi connectivity index (χ3v) is 4.31. The average Bonchev–Trinajstić information content (AvgIpc) is 3.02. The Bertz CT molecular complexity index is 897. The summed E-state index contributed by atoms with van der Waals surface area (Å²) in [7, 11) is 0. The van der Waals surface area contributed by atoms with Crippen LogP contribution >= 0.6 is 0 Å². The van der Waals surface area contributed by atoms with Gasteiger partial charge in [0.2, 0.25) is 0 Å². The first-order valence-electron chi connectivity index (χ1n) is 7.92. The second kappa shape index (κ2) is 5.98. The first-order chi connectivity index (χ1) is 11.7. The van der Waals surface area contributed by atoms with Crippen LogP contribution < -0.4 is 5.84 Å². The second-order valence-electron chi connectivity index (χ2n) is 5.84. The van der Waals surface area contributed by atoms with Crippen molar-refractivity contribution in [1.82, 2.24) is 14.6 Å². The van der Waals surface area contributed by atoms with Crippen molar-refractivity contribution in [3.8, 4) is 11.1 Å². The highest BCUT2D eigenvalue weighted by Crippen LogP contribution is 2.24. The Morgan fingerprint density at radius 1 is 1.12 bits per heavy atom. The molecule has 122 valence electrons. The highest BCUT2D eigenvalue weighted by molar-refractivity contribution is 5.95. The maximum absolute atomic E-state index is 12.6. The van der Waals surface area contributed by atoms with Crippen LogP contribution in [0, 0.1) is 0 Å². The van der Waals surface area contributed by atoms with Crippen molar-refractivity contribution < 1.29 is 9.53 Å². The van der Waals surface area contributed by atoms with Crippen molar-refractivity contribution >= 4 is 16.9 Å². The van der Waals surface area contributed by atoms with Crippen LogP contribution in [0.5, 0.6) is 0 Å². The normalized spacial score (nSPS) is 14.9. The molecule has 3 aromatic rings. The maximum atomic E-state index is 12.6. The van der Waals surface area contributed by atoms with E-state index in [1.165, 1.54) is 0 Å². The van der Waals surface area contributed by atoms with Gasteiger partial charge in [0, 0.05) is 36.6 Å². The summed E-state index contributed by atoms with van der Waals surface area (Å²) in [6, 6.07) is 11.5. The Morgan fingerprint density at radius 3 is 2.79 bits per heavy atom. The lowest BCUT2D eigenvalue weighted by Crippen LogP contribution is -2.40. The molecule has 0 atom stereocenters. The van der Waals surface area contributed by atoms with E-state index in [-0.39, 0.29) is 5.91 Å². The van der Waals surface area contributed by atoms with Crippen LogP contribution in [0.25, 0.3) is 22.2 Å². The number of fused-ring (bicyclic) bond motifs is 1. The Labute approximate surface area is 139 Å². The topological polar surface area (TPSA) is 73.4 Å². The SMILES string of the molecule is Nn1ccc2ncc(-c3cccc(C(=O)N4CCOCC4)c3)cc21. The highest BCUT2D eigenvalue weighted by atomic mass is 16.5. The molecule has 1 fully saturated rings. The van der Waals surface area contributed by atoms with E-state index < -0.39 is 0 Å². The number of carbonyl (C=O) groups is 1. The number of nitrogens with two attached hydrogens (primary N) is 1. The molecule has 1 amide bonds. The standard InChI is InChI=1S/C18H18N4O2/c19-22-5-4-16-17(22)11-15(12-20-16)13-2-1-3-14(10-13)18(23)21-6-8-24-9-7-21/h1-5,10-12H,6-9,19H2. The van der Waals surface area contributed by atoms with E-state index in [0.717, 1.165) is 22.2 Å². The van der Waals surface area contributed by atoms with Crippen LogP contribution in [0.15, 0.2) is 48.8 Å². The number of amides is 1. The third-order valence-electron chi connectivity index (χ3n) is 4.31. The molecule has 0 bridgehead atoms. The third kappa shape index (κ3) is 2.61. The van der Waals surface area contributed by atoms with Crippen LogP contribution in [0.4, 0.5) is 0 Å². The Balaban J connectivity index is 1.68. The Kier molecular flexibility index (Phi) is 3.66. The Morgan fingerprint density at radius 2 is 1.96 bits per heavy atom. The van der Waals surface area contributed by atoms with Crippen molar-refractivity contribution in [2.45, 2.75) is 0 Å². The van der Waals surface area contributed by atoms with Crippen molar-refractivity contribution in [3.63, 3.8) is 0 Å². The number of aromatic nitrogens is 2. The van der Waals surface area contributed by atoms with Crippen molar-refractivity contribution in [1.29, 1.82) is 0 Å². The molecular formula is C18H18N4O2. The molecule has 0 radical (unpaired) electrons. The number of nitrogen functional groups attached to an aromatic ring is 1. The zero-order chi connectivity index (χ0) is 16.5. The fourth-order valence-corrected chi connectivity index (χ4v) is 2.97. The maximum Gasteiger partial charge on any atom is 0.254 e. The molecule has 1 aromatic carbocycles. The summed E-state index contributed by atoms with van der Waals surface area (Å²) in [5.41, 5.74) is 4.27. The summed E-state index contributed by atoms with van der Waals surface area (Å²) in [5, 5.41) is 0. The molecule has 4 rings (SSSR count). The molecule has 6 nitrogen and oxygen atoms in total. The smallest absolute Gasteiger partial charge is 0.254 e. The van der Waals surface area contributed by atoms with E-state index in [2.05, 4.69) is 4.98 Å². The predicted molar refractivity (Wildman–Crippen MR) is 92.0 cm³/mol. The number of nitrogens with zero attached hydrogens (tertiary/aromatic N) is 3. The van der Waals surface area contributed by atoms with Gasteiger partial charge >= 0.3 is 0 Å². The summed E-state index contributed by atoms with van der Waals surface area (Å²) in [4.78, 5) is 18.9. The van der Waals surface area contributed by atoms with Crippen LogP contribution in [0.3, 0.4) is 0 Å². The average molecular weight is 322 g/mol. The molecule has 3 heterocycles. The lowest BCUT2D eigenvalue weighted by molar-refractivity contribution is 0.0303. The zero-order valence-electron chi connectivity index (χ0n) is 13.2. The van der Waals surface area contributed by atoms with E-state index >= 15 is 0 Å². The molecule has 2 aromatic heterocycles. The van der Waals surface area contributed by atoms with Gasteiger partial charge in [-0.15, -0.1) is 0 Å². The van der Waals surface area contributed by atoms with E-state index in [0.29, 0.717) is 31.9 Å². The number of ether oxygens (including phenoxy) is 1. The van der Waals surface area contributed by atoms with Gasteiger partial charge in [-0.2, -0.15) is 0 Å². The number of rotatable bonds is 2. The molecule has 2 N–H and O–H groups in total. The fourth-order valence-electron chi connectivity index (χ4n) is 2.97. The zero-order valence-corrected chi connectivity index (χ0v) is 13.2. The van der Waals surface area contributed by atoms with Crippen molar-refractivity contribution in [3.05, 3.63) is 54.4 Å². The Hall–Kier alpha value is -2.86. The number of pyridine rings is 1. The molecule has 1 saturated heterocycles.